The topological polar surface area (TPSA) is 237 Å². The molecule has 0 aromatic heterocycles. The Bertz CT molecular complexity index is 1820. The molecule has 0 aliphatic heterocycles. The first-order valence-corrected chi connectivity index (χ1v) is 41.4. The van der Waals surface area contributed by atoms with Gasteiger partial charge in [-0.15, -0.1) is 0 Å². The lowest BCUT2D eigenvalue weighted by atomic mass is 9.99. The number of aliphatic hydroxyl groups excluding tert-OH is 1. The minimum atomic E-state index is -4.96. The Hall–Kier alpha value is -1.94. The van der Waals surface area contributed by atoms with Crippen LogP contribution in [-0.4, -0.2) is 96.7 Å². The summed E-state index contributed by atoms with van der Waals surface area (Å²) >= 11 is 0. The van der Waals surface area contributed by atoms with Gasteiger partial charge in [-0.3, -0.25) is 37.3 Å². The van der Waals surface area contributed by atoms with Gasteiger partial charge in [0.2, 0.25) is 0 Å². The van der Waals surface area contributed by atoms with Crippen LogP contribution in [0.2, 0.25) is 0 Å². The molecule has 0 aromatic carbocycles. The third-order valence-corrected chi connectivity index (χ3v) is 19.4. The van der Waals surface area contributed by atoms with Gasteiger partial charge in [0.1, 0.15) is 19.3 Å². The van der Waals surface area contributed by atoms with Gasteiger partial charge in [-0.05, 0) is 43.4 Å². The molecule has 17 nitrogen and oxygen atoms in total. The Kier molecular flexibility index (Phi) is 63.4. The molecule has 0 aliphatic carbocycles. The molecule has 3 unspecified atom stereocenters. The van der Waals surface area contributed by atoms with E-state index in [0.717, 1.165) is 114 Å². The largest absolute Gasteiger partial charge is 0.472 e. The van der Waals surface area contributed by atoms with E-state index in [1.54, 1.807) is 0 Å². The predicted octanol–water partition coefficient (Wildman–Crippen LogP) is 21.4. The molecule has 0 radical (unpaired) electrons. The monoisotopic (exact) mass is 1370 g/mol. The van der Waals surface area contributed by atoms with Crippen LogP contribution in [0.5, 0.6) is 0 Å². The standard InChI is InChI=1S/C74H144O17P2/c1-8-10-11-12-13-34-41-48-55-71(76)84-61-69(91-74(79)58-51-44-37-30-24-26-32-39-46-53-66(5)6)63-88-92(80,81)86-59-68(75)60-87-93(82,83)89-64-70(62-85-72(77)56-49-42-35-28-22-19-18-20-25-31-38-45-52-65(3)4)90-73(78)57-50-43-36-29-23-17-15-14-16-21-27-33-40-47-54-67(7)9-2/h65-70,75H,8-64H2,1-7H3,(H,80,81)(H,82,83)/t67?,68-,69+,70+/m0/s1. The van der Waals surface area contributed by atoms with E-state index in [9.17, 15) is 43.2 Å². The number of phosphoric ester groups is 2. The molecular weight excluding hydrogens is 1220 g/mol. The van der Waals surface area contributed by atoms with Crippen LogP contribution in [0.4, 0.5) is 0 Å². The first-order chi connectivity index (χ1) is 44.8. The maximum absolute atomic E-state index is 13.1. The molecule has 93 heavy (non-hydrogen) atoms. The second kappa shape index (κ2) is 64.7. The fourth-order valence-corrected chi connectivity index (χ4v) is 12.8. The van der Waals surface area contributed by atoms with Gasteiger partial charge in [0.05, 0.1) is 26.4 Å². The maximum Gasteiger partial charge on any atom is 0.472 e. The third kappa shape index (κ3) is 67.0. The lowest BCUT2D eigenvalue weighted by Gasteiger charge is -2.21. The fraction of sp³-hybridized carbons (Fsp3) is 0.946. The van der Waals surface area contributed by atoms with E-state index in [1.165, 1.54) is 180 Å². The lowest BCUT2D eigenvalue weighted by Crippen LogP contribution is -2.30. The minimum Gasteiger partial charge on any atom is -0.462 e. The number of carbonyl (C=O) groups is 4. The van der Waals surface area contributed by atoms with E-state index in [-0.39, 0.29) is 25.7 Å². The zero-order valence-electron chi connectivity index (χ0n) is 60.7. The second-order valence-electron chi connectivity index (χ2n) is 27.9. The Balaban J connectivity index is 5.22. The highest BCUT2D eigenvalue weighted by atomic mass is 31.2. The molecule has 19 heteroatoms. The van der Waals surface area contributed by atoms with E-state index < -0.39 is 97.5 Å². The van der Waals surface area contributed by atoms with Gasteiger partial charge in [-0.1, -0.05) is 325 Å². The summed E-state index contributed by atoms with van der Waals surface area (Å²) in [6.07, 6.45) is 49.9. The van der Waals surface area contributed by atoms with Crippen molar-refractivity contribution in [1.29, 1.82) is 0 Å². The van der Waals surface area contributed by atoms with Crippen LogP contribution in [0, 0.1) is 17.8 Å². The molecule has 0 amide bonds. The van der Waals surface area contributed by atoms with Crippen molar-refractivity contribution < 1.29 is 80.2 Å². The minimum absolute atomic E-state index is 0.105. The van der Waals surface area contributed by atoms with Crippen molar-refractivity contribution in [2.45, 2.75) is 394 Å². The van der Waals surface area contributed by atoms with E-state index >= 15 is 0 Å². The van der Waals surface area contributed by atoms with Crippen molar-refractivity contribution in [3.05, 3.63) is 0 Å². The molecule has 552 valence electrons. The summed E-state index contributed by atoms with van der Waals surface area (Å²) in [7, 11) is -9.91. The Morgan fingerprint density at radius 3 is 0.817 bits per heavy atom. The smallest absolute Gasteiger partial charge is 0.462 e. The SMILES string of the molecule is CCCCCCCCCCC(=O)OC[C@H](COP(=O)(O)OC[C@H](O)COP(=O)(O)OC[C@@H](COC(=O)CCCCCCCCCCCCCCC(C)C)OC(=O)CCCCCCCCCCCCCCCCC(C)CC)OC(=O)CCCCCCCCCCCC(C)C. The molecule has 0 aromatic rings. The number of phosphoric acid groups is 2. The summed E-state index contributed by atoms with van der Waals surface area (Å²) in [5.74, 6) is 0.241. The summed E-state index contributed by atoms with van der Waals surface area (Å²) < 4.78 is 68.4. The fourth-order valence-electron chi connectivity index (χ4n) is 11.2. The van der Waals surface area contributed by atoms with Crippen molar-refractivity contribution >= 4 is 39.5 Å². The first kappa shape index (κ1) is 91.1. The quantitative estimate of drug-likeness (QED) is 0.0222. The average molecular weight is 1370 g/mol. The Morgan fingerprint density at radius 2 is 0.548 bits per heavy atom. The van der Waals surface area contributed by atoms with Gasteiger partial charge >= 0.3 is 39.5 Å². The number of aliphatic hydroxyl groups is 1. The number of hydrogen-bond acceptors (Lipinski definition) is 15. The van der Waals surface area contributed by atoms with Crippen LogP contribution < -0.4 is 0 Å². The highest BCUT2D eigenvalue weighted by Gasteiger charge is 2.30. The van der Waals surface area contributed by atoms with Gasteiger partial charge in [-0.25, -0.2) is 9.13 Å². The van der Waals surface area contributed by atoms with Crippen molar-refractivity contribution in [3.8, 4) is 0 Å². The van der Waals surface area contributed by atoms with Gasteiger partial charge in [0.15, 0.2) is 12.2 Å². The zero-order chi connectivity index (χ0) is 68.7. The van der Waals surface area contributed by atoms with Crippen molar-refractivity contribution in [1.82, 2.24) is 0 Å². The van der Waals surface area contributed by atoms with Crippen LogP contribution in [0.1, 0.15) is 376 Å². The van der Waals surface area contributed by atoms with Crippen LogP contribution in [0.3, 0.4) is 0 Å². The van der Waals surface area contributed by atoms with Gasteiger partial charge in [-0.2, -0.15) is 0 Å². The molecule has 0 fully saturated rings. The Labute approximate surface area is 568 Å². The number of esters is 4. The molecule has 0 saturated carbocycles. The molecule has 0 heterocycles. The van der Waals surface area contributed by atoms with E-state index in [1.807, 2.05) is 0 Å². The highest BCUT2D eigenvalue weighted by molar-refractivity contribution is 7.47. The van der Waals surface area contributed by atoms with E-state index in [0.29, 0.717) is 25.7 Å². The normalized spacial score (nSPS) is 14.4. The molecular formula is C74H144O17P2. The molecule has 6 atom stereocenters. The molecule has 0 bridgehead atoms. The number of ether oxygens (including phenoxy) is 4. The molecule has 0 spiro atoms. The molecule has 0 saturated heterocycles. The van der Waals surface area contributed by atoms with Gasteiger partial charge in [0, 0.05) is 25.7 Å². The summed E-state index contributed by atoms with van der Waals surface area (Å²) in [4.78, 5) is 72.6. The predicted molar refractivity (Wildman–Crippen MR) is 377 cm³/mol. The zero-order valence-corrected chi connectivity index (χ0v) is 62.5. The van der Waals surface area contributed by atoms with E-state index in [2.05, 4.69) is 48.5 Å². The van der Waals surface area contributed by atoms with Crippen LogP contribution in [0.15, 0.2) is 0 Å². The summed E-state index contributed by atoms with van der Waals surface area (Å²) in [6.45, 7) is 11.9. The number of rotatable bonds is 72. The number of unbranched alkanes of at least 4 members (excludes halogenated alkanes) is 39. The summed E-state index contributed by atoms with van der Waals surface area (Å²) in [5, 5.41) is 10.6. The van der Waals surface area contributed by atoms with Gasteiger partial charge < -0.3 is 33.8 Å². The Morgan fingerprint density at radius 1 is 0.312 bits per heavy atom. The summed E-state index contributed by atoms with van der Waals surface area (Å²) in [5.41, 5.74) is 0. The van der Waals surface area contributed by atoms with Crippen LogP contribution in [0.25, 0.3) is 0 Å². The molecule has 0 aliphatic rings. The average Bonchev–Trinajstić information content (AvgIpc) is 3.43. The number of hydrogen-bond donors (Lipinski definition) is 3. The second-order valence-corrected chi connectivity index (χ2v) is 30.8. The van der Waals surface area contributed by atoms with Crippen LogP contribution >= 0.6 is 15.6 Å². The lowest BCUT2D eigenvalue weighted by molar-refractivity contribution is -0.161. The van der Waals surface area contributed by atoms with Crippen molar-refractivity contribution in [2.75, 3.05) is 39.6 Å². The first-order valence-electron chi connectivity index (χ1n) is 38.4. The van der Waals surface area contributed by atoms with Crippen molar-refractivity contribution in [2.24, 2.45) is 17.8 Å². The maximum atomic E-state index is 13.1. The van der Waals surface area contributed by atoms with Gasteiger partial charge in [0.25, 0.3) is 0 Å². The third-order valence-electron chi connectivity index (χ3n) is 17.5. The molecule has 0 rings (SSSR count). The molecule has 3 N–H and O–H groups in total. The summed E-state index contributed by atoms with van der Waals surface area (Å²) in [6, 6.07) is 0. The van der Waals surface area contributed by atoms with Crippen LogP contribution in [-0.2, 0) is 65.4 Å². The number of carbonyl (C=O) groups excluding carboxylic acids is 4. The van der Waals surface area contributed by atoms with Crippen molar-refractivity contribution in [3.63, 3.8) is 0 Å². The highest BCUT2D eigenvalue weighted by Crippen LogP contribution is 2.45. The van der Waals surface area contributed by atoms with E-state index in [4.69, 9.17) is 37.0 Å².